The third-order valence-electron chi connectivity index (χ3n) is 6.54. The Morgan fingerprint density at radius 3 is 2.19 bits per heavy atom. The molecule has 0 heterocycles. The fourth-order valence-electron chi connectivity index (χ4n) is 4.71. The number of ether oxygens (including phenoxy) is 1. The van der Waals surface area contributed by atoms with Crippen molar-refractivity contribution in [1.29, 1.82) is 0 Å². The summed E-state index contributed by atoms with van der Waals surface area (Å²) in [6.07, 6.45) is 6.28. The summed E-state index contributed by atoms with van der Waals surface area (Å²) in [4.78, 5) is 12.4. The Balaban J connectivity index is 1.29. The lowest BCUT2D eigenvalue weighted by molar-refractivity contribution is 0.0734. The number of benzene rings is 3. The van der Waals surface area contributed by atoms with Gasteiger partial charge in [-0.25, -0.2) is 4.79 Å². The van der Waals surface area contributed by atoms with Gasteiger partial charge in [0.1, 0.15) is 5.75 Å². The van der Waals surface area contributed by atoms with E-state index in [1.54, 1.807) is 24.3 Å². The first-order chi connectivity index (χ1) is 15.1. The number of hydrogen-bond donors (Lipinski definition) is 0. The van der Waals surface area contributed by atoms with E-state index in [0.717, 1.165) is 5.92 Å². The van der Waals surface area contributed by atoms with Crippen molar-refractivity contribution >= 4 is 17.6 Å². The number of rotatable bonds is 6. The molecule has 0 saturated heterocycles. The van der Waals surface area contributed by atoms with E-state index in [4.69, 9.17) is 16.3 Å². The molecule has 31 heavy (non-hydrogen) atoms. The summed E-state index contributed by atoms with van der Waals surface area (Å²) in [6.45, 7) is 2.35. The molecule has 0 radical (unpaired) electrons. The van der Waals surface area contributed by atoms with Crippen LogP contribution in [0.25, 0.3) is 0 Å². The molecule has 160 valence electrons. The summed E-state index contributed by atoms with van der Waals surface area (Å²) < 4.78 is 5.43. The molecular weight excluding hydrogens is 404 g/mol. The third kappa shape index (κ3) is 5.77. The average molecular weight is 433 g/mol. The van der Waals surface area contributed by atoms with Gasteiger partial charge >= 0.3 is 5.97 Å². The van der Waals surface area contributed by atoms with Gasteiger partial charge in [-0.05, 0) is 97.4 Å². The van der Waals surface area contributed by atoms with Gasteiger partial charge < -0.3 is 4.74 Å². The molecule has 0 bridgehead atoms. The highest BCUT2D eigenvalue weighted by atomic mass is 35.5. The lowest BCUT2D eigenvalue weighted by atomic mass is 9.75. The molecular formula is C28H29ClO2. The van der Waals surface area contributed by atoms with Crippen molar-refractivity contribution in [1.82, 2.24) is 0 Å². The number of halogens is 1. The quantitative estimate of drug-likeness (QED) is 0.291. The summed E-state index contributed by atoms with van der Waals surface area (Å²) in [7, 11) is 0. The van der Waals surface area contributed by atoms with Gasteiger partial charge in [0.25, 0.3) is 0 Å². The van der Waals surface area contributed by atoms with Crippen LogP contribution >= 0.6 is 11.6 Å². The van der Waals surface area contributed by atoms with Crippen molar-refractivity contribution < 1.29 is 9.53 Å². The minimum absolute atomic E-state index is 0.340. The monoisotopic (exact) mass is 432 g/mol. The van der Waals surface area contributed by atoms with E-state index in [9.17, 15) is 4.79 Å². The van der Waals surface area contributed by atoms with Gasteiger partial charge in [0.05, 0.1) is 5.56 Å². The molecule has 0 aliphatic heterocycles. The Kier molecular flexibility index (Phi) is 7.09. The van der Waals surface area contributed by atoms with Gasteiger partial charge in [-0.3, -0.25) is 0 Å². The minimum atomic E-state index is -0.340. The maximum Gasteiger partial charge on any atom is 0.343 e. The lowest BCUT2D eigenvalue weighted by Gasteiger charge is -2.30. The van der Waals surface area contributed by atoms with Crippen LogP contribution in [0.15, 0.2) is 78.9 Å². The van der Waals surface area contributed by atoms with Gasteiger partial charge in [0, 0.05) is 5.02 Å². The first-order valence-corrected chi connectivity index (χ1v) is 11.6. The molecule has 3 heteroatoms. The zero-order valence-corrected chi connectivity index (χ0v) is 18.7. The SMILES string of the molecule is CC(CC1CCC(c2ccc(C(=O)Oc3ccc(Cl)cc3)cc2)CC1)c1ccccc1. The van der Waals surface area contributed by atoms with Crippen LogP contribution in [-0.4, -0.2) is 5.97 Å². The molecule has 0 aromatic heterocycles. The summed E-state index contributed by atoms with van der Waals surface area (Å²) in [6, 6.07) is 25.6. The smallest absolute Gasteiger partial charge is 0.343 e. The number of carbonyl (C=O) groups is 1. The standard InChI is InChI=1S/C28H29ClO2/c1-20(22-5-3-2-4-6-22)19-21-7-9-23(10-8-21)24-11-13-25(14-12-24)28(30)31-27-17-15-26(29)16-18-27/h2-6,11-18,20-21,23H,7-10,19H2,1H3. The van der Waals surface area contributed by atoms with Crippen LogP contribution in [0.1, 0.15) is 72.3 Å². The normalized spacial score (nSPS) is 19.5. The highest BCUT2D eigenvalue weighted by Gasteiger charge is 2.24. The highest BCUT2D eigenvalue weighted by Crippen LogP contribution is 2.39. The molecule has 0 spiro atoms. The largest absolute Gasteiger partial charge is 0.423 e. The molecule has 2 nitrogen and oxygen atoms in total. The first-order valence-electron chi connectivity index (χ1n) is 11.2. The van der Waals surface area contributed by atoms with E-state index in [0.29, 0.717) is 28.2 Å². The molecule has 0 amide bonds. The van der Waals surface area contributed by atoms with Gasteiger partial charge in [0.2, 0.25) is 0 Å². The second kappa shape index (κ2) is 10.2. The fraction of sp³-hybridized carbons (Fsp3) is 0.321. The van der Waals surface area contributed by atoms with Crippen molar-refractivity contribution in [3.8, 4) is 5.75 Å². The van der Waals surface area contributed by atoms with Crippen molar-refractivity contribution in [2.75, 3.05) is 0 Å². The van der Waals surface area contributed by atoms with E-state index < -0.39 is 0 Å². The molecule has 3 aromatic rings. The van der Waals surface area contributed by atoms with Crippen LogP contribution in [0.2, 0.25) is 5.02 Å². The summed E-state index contributed by atoms with van der Waals surface area (Å²) in [5, 5.41) is 0.619. The number of carbonyl (C=O) groups excluding carboxylic acids is 1. The second-order valence-corrected chi connectivity index (χ2v) is 9.17. The molecule has 1 unspecified atom stereocenters. The van der Waals surface area contributed by atoms with Crippen LogP contribution in [0, 0.1) is 5.92 Å². The van der Waals surface area contributed by atoms with E-state index >= 15 is 0 Å². The number of esters is 1. The molecule has 0 N–H and O–H groups in total. The summed E-state index contributed by atoms with van der Waals surface area (Å²) >= 11 is 5.88. The summed E-state index contributed by atoms with van der Waals surface area (Å²) in [5.41, 5.74) is 3.35. The Morgan fingerprint density at radius 2 is 1.55 bits per heavy atom. The average Bonchev–Trinajstić information content (AvgIpc) is 2.82. The Bertz CT molecular complexity index is 972. The third-order valence-corrected chi connectivity index (χ3v) is 6.80. The van der Waals surface area contributed by atoms with Crippen molar-refractivity contribution in [3.05, 3.63) is 101 Å². The molecule has 1 saturated carbocycles. The van der Waals surface area contributed by atoms with Gasteiger partial charge in [-0.15, -0.1) is 0 Å². The maximum atomic E-state index is 12.4. The van der Waals surface area contributed by atoms with E-state index in [1.807, 2.05) is 12.1 Å². The fourth-order valence-corrected chi connectivity index (χ4v) is 4.84. The maximum absolute atomic E-state index is 12.4. The molecule has 1 aliphatic rings. The van der Waals surface area contributed by atoms with E-state index in [2.05, 4.69) is 49.4 Å². The first kappa shape index (κ1) is 21.6. The molecule has 4 rings (SSSR count). The van der Waals surface area contributed by atoms with Crippen molar-refractivity contribution in [2.45, 2.75) is 50.9 Å². The predicted molar refractivity (Wildman–Crippen MR) is 127 cm³/mol. The number of hydrogen-bond acceptors (Lipinski definition) is 2. The zero-order valence-electron chi connectivity index (χ0n) is 18.0. The second-order valence-electron chi connectivity index (χ2n) is 8.73. The molecule has 1 aliphatic carbocycles. The molecule has 1 atom stereocenters. The summed E-state index contributed by atoms with van der Waals surface area (Å²) in [5.74, 6) is 2.17. The predicted octanol–water partition coefficient (Wildman–Crippen LogP) is 8.03. The lowest BCUT2D eigenvalue weighted by Crippen LogP contribution is -2.15. The van der Waals surface area contributed by atoms with Gasteiger partial charge in [-0.1, -0.05) is 61.0 Å². The Morgan fingerprint density at radius 1 is 0.903 bits per heavy atom. The van der Waals surface area contributed by atoms with Gasteiger partial charge in [0.15, 0.2) is 0 Å². The van der Waals surface area contributed by atoms with Crippen LogP contribution in [0.5, 0.6) is 5.75 Å². The van der Waals surface area contributed by atoms with E-state index in [1.165, 1.54) is 43.2 Å². The topological polar surface area (TPSA) is 26.3 Å². The minimum Gasteiger partial charge on any atom is -0.423 e. The Labute approximate surface area is 190 Å². The zero-order chi connectivity index (χ0) is 21.6. The van der Waals surface area contributed by atoms with E-state index in [-0.39, 0.29) is 5.97 Å². The molecule has 1 fully saturated rings. The highest BCUT2D eigenvalue weighted by molar-refractivity contribution is 6.30. The van der Waals surface area contributed by atoms with Crippen LogP contribution in [0.3, 0.4) is 0 Å². The van der Waals surface area contributed by atoms with Crippen molar-refractivity contribution in [2.24, 2.45) is 5.92 Å². The van der Waals surface area contributed by atoms with Gasteiger partial charge in [-0.2, -0.15) is 0 Å². The van der Waals surface area contributed by atoms with Crippen molar-refractivity contribution in [3.63, 3.8) is 0 Å². The van der Waals surface area contributed by atoms with Crippen LogP contribution < -0.4 is 4.74 Å². The molecule has 3 aromatic carbocycles. The Hall–Kier alpha value is -2.58. The van der Waals surface area contributed by atoms with Crippen LogP contribution in [0.4, 0.5) is 0 Å². The van der Waals surface area contributed by atoms with Crippen LogP contribution in [-0.2, 0) is 0 Å².